The summed E-state index contributed by atoms with van der Waals surface area (Å²) in [7, 11) is 0. The van der Waals surface area contributed by atoms with Crippen LogP contribution < -0.4 is 5.73 Å². The van der Waals surface area contributed by atoms with Crippen molar-refractivity contribution in [1.82, 2.24) is 9.97 Å². The van der Waals surface area contributed by atoms with Crippen LogP contribution in [0.5, 0.6) is 0 Å². The van der Waals surface area contributed by atoms with Gasteiger partial charge in [-0.25, -0.2) is 0 Å². The van der Waals surface area contributed by atoms with Crippen molar-refractivity contribution >= 4 is 0 Å². The first kappa shape index (κ1) is 9.28. The summed E-state index contributed by atoms with van der Waals surface area (Å²) in [5, 5.41) is 0. The fourth-order valence-electron chi connectivity index (χ4n) is 3.44. The van der Waals surface area contributed by atoms with Crippen LogP contribution in [0.1, 0.15) is 37.4 Å². The van der Waals surface area contributed by atoms with Crippen LogP contribution in [0.2, 0.25) is 0 Å². The quantitative estimate of drug-likeness (QED) is 0.798. The molecule has 2 saturated carbocycles. The standard InChI is InChI=1S/C12H17N3/c13-12(11-7-14-3-4-15-11)10-6-8-1-2-9(10)5-8/h3-4,7-10,12H,1-2,5-6,13H2. The normalized spacial score (nSPS) is 35.7. The van der Waals surface area contributed by atoms with E-state index in [-0.39, 0.29) is 6.04 Å². The Hall–Kier alpha value is -0.960. The van der Waals surface area contributed by atoms with Crippen LogP contribution in [0.15, 0.2) is 18.6 Å². The SMILES string of the molecule is NC(c1cnccn1)C1CC2CCC1C2. The monoisotopic (exact) mass is 203 g/mol. The van der Waals surface area contributed by atoms with E-state index in [4.69, 9.17) is 5.73 Å². The summed E-state index contributed by atoms with van der Waals surface area (Å²) in [6.07, 6.45) is 10.8. The maximum absolute atomic E-state index is 6.28. The molecule has 4 atom stereocenters. The lowest BCUT2D eigenvalue weighted by Gasteiger charge is -2.26. The second-order valence-corrected chi connectivity index (χ2v) is 4.99. The smallest absolute Gasteiger partial charge is 0.0756 e. The molecule has 0 amide bonds. The third kappa shape index (κ3) is 1.55. The molecule has 15 heavy (non-hydrogen) atoms. The second-order valence-electron chi connectivity index (χ2n) is 4.99. The topological polar surface area (TPSA) is 51.8 Å². The van der Waals surface area contributed by atoms with Gasteiger partial charge in [0.25, 0.3) is 0 Å². The Labute approximate surface area is 90.1 Å². The molecule has 0 aliphatic heterocycles. The molecule has 0 spiro atoms. The fourth-order valence-corrected chi connectivity index (χ4v) is 3.44. The number of aromatic nitrogens is 2. The summed E-state index contributed by atoms with van der Waals surface area (Å²) in [5.41, 5.74) is 7.25. The summed E-state index contributed by atoms with van der Waals surface area (Å²) in [5.74, 6) is 2.45. The zero-order valence-electron chi connectivity index (χ0n) is 8.84. The van der Waals surface area contributed by atoms with Gasteiger partial charge in [0.05, 0.1) is 11.7 Å². The van der Waals surface area contributed by atoms with E-state index >= 15 is 0 Å². The van der Waals surface area contributed by atoms with E-state index in [2.05, 4.69) is 9.97 Å². The Bertz CT molecular complexity index is 338. The van der Waals surface area contributed by atoms with Gasteiger partial charge in [-0.2, -0.15) is 0 Å². The third-order valence-corrected chi connectivity index (χ3v) is 4.18. The van der Waals surface area contributed by atoms with Gasteiger partial charge in [0.2, 0.25) is 0 Å². The highest BCUT2D eigenvalue weighted by atomic mass is 14.8. The molecular formula is C12H17N3. The van der Waals surface area contributed by atoms with Gasteiger partial charge in [-0.3, -0.25) is 9.97 Å². The summed E-state index contributed by atoms with van der Waals surface area (Å²) in [6.45, 7) is 0. The molecule has 1 heterocycles. The molecule has 3 heteroatoms. The van der Waals surface area contributed by atoms with Crippen LogP contribution in [-0.4, -0.2) is 9.97 Å². The molecule has 4 unspecified atom stereocenters. The van der Waals surface area contributed by atoms with E-state index in [0.717, 1.165) is 17.5 Å². The molecule has 2 fully saturated rings. The molecule has 0 radical (unpaired) electrons. The molecule has 2 aliphatic carbocycles. The van der Waals surface area contributed by atoms with E-state index in [1.807, 2.05) is 6.20 Å². The molecule has 0 aromatic carbocycles. The van der Waals surface area contributed by atoms with Crippen molar-refractivity contribution in [1.29, 1.82) is 0 Å². The predicted molar refractivity (Wildman–Crippen MR) is 57.9 cm³/mol. The first-order valence-corrected chi connectivity index (χ1v) is 5.86. The van der Waals surface area contributed by atoms with Gasteiger partial charge < -0.3 is 5.73 Å². The minimum Gasteiger partial charge on any atom is -0.322 e. The van der Waals surface area contributed by atoms with Gasteiger partial charge in [0, 0.05) is 18.6 Å². The lowest BCUT2D eigenvalue weighted by molar-refractivity contribution is 0.281. The van der Waals surface area contributed by atoms with Crippen molar-refractivity contribution in [3.8, 4) is 0 Å². The molecule has 80 valence electrons. The molecule has 1 aromatic rings. The first-order valence-electron chi connectivity index (χ1n) is 5.86. The average Bonchev–Trinajstić information content (AvgIpc) is 2.91. The number of nitrogens with two attached hydrogens (primary N) is 1. The molecular weight excluding hydrogens is 186 g/mol. The van der Waals surface area contributed by atoms with Gasteiger partial charge in [-0.15, -0.1) is 0 Å². The largest absolute Gasteiger partial charge is 0.322 e. The van der Waals surface area contributed by atoms with Gasteiger partial charge in [0.1, 0.15) is 0 Å². The summed E-state index contributed by atoms with van der Waals surface area (Å²) >= 11 is 0. The number of hydrogen-bond donors (Lipinski definition) is 1. The Morgan fingerprint density at radius 1 is 1.27 bits per heavy atom. The predicted octanol–water partition coefficient (Wildman–Crippen LogP) is 1.91. The number of fused-ring (bicyclic) bond motifs is 2. The van der Waals surface area contributed by atoms with E-state index in [0.29, 0.717) is 5.92 Å². The molecule has 3 rings (SSSR count). The number of nitrogens with zero attached hydrogens (tertiary/aromatic N) is 2. The summed E-state index contributed by atoms with van der Waals surface area (Å²) < 4.78 is 0. The lowest BCUT2D eigenvalue weighted by atomic mass is 9.82. The van der Waals surface area contributed by atoms with Crippen molar-refractivity contribution < 1.29 is 0 Å². The highest BCUT2D eigenvalue weighted by Gasteiger charge is 2.42. The molecule has 2 bridgehead atoms. The number of rotatable bonds is 2. The van der Waals surface area contributed by atoms with Crippen molar-refractivity contribution in [2.45, 2.75) is 31.7 Å². The van der Waals surface area contributed by atoms with Gasteiger partial charge in [0.15, 0.2) is 0 Å². The molecule has 2 aliphatic rings. The van der Waals surface area contributed by atoms with Crippen molar-refractivity contribution in [2.24, 2.45) is 23.5 Å². The van der Waals surface area contributed by atoms with E-state index in [1.54, 1.807) is 12.4 Å². The zero-order chi connectivity index (χ0) is 10.3. The molecule has 3 nitrogen and oxygen atoms in total. The minimum absolute atomic E-state index is 0.106. The van der Waals surface area contributed by atoms with Gasteiger partial charge in [-0.05, 0) is 37.0 Å². The van der Waals surface area contributed by atoms with Crippen LogP contribution in [0, 0.1) is 17.8 Å². The Morgan fingerprint density at radius 3 is 2.80 bits per heavy atom. The van der Waals surface area contributed by atoms with Crippen LogP contribution in [-0.2, 0) is 0 Å². The maximum Gasteiger partial charge on any atom is 0.0756 e. The summed E-state index contributed by atoms with van der Waals surface area (Å²) in [4.78, 5) is 8.42. The second kappa shape index (κ2) is 3.56. The van der Waals surface area contributed by atoms with Crippen molar-refractivity contribution in [3.05, 3.63) is 24.3 Å². The maximum atomic E-state index is 6.28. The Morgan fingerprint density at radius 2 is 2.20 bits per heavy atom. The summed E-state index contributed by atoms with van der Waals surface area (Å²) in [6, 6.07) is 0.106. The zero-order valence-corrected chi connectivity index (χ0v) is 8.84. The lowest BCUT2D eigenvalue weighted by Crippen LogP contribution is -2.26. The van der Waals surface area contributed by atoms with Crippen molar-refractivity contribution in [3.63, 3.8) is 0 Å². The highest BCUT2D eigenvalue weighted by Crippen LogP contribution is 2.51. The van der Waals surface area contributed by atoms with E-state index in [9.17, 15) is 0 Å². The fraction of sp³-hybridized carbons (Fsp3) is 0.667. The highest BCUT2D eigenvalue weighted by molar-refractivity contribution is 5.07. The van der Waals surface area contributed by atoms with Gasteiger partial charge in [-0.1, -0.05) is 6.42 Å². The average molecular weight is 203 g/mol. The Kier molecular flexibility index (Phi) is 2.20. The van der Waals surface area contributed by atoms with Crippen LogP contribution >= 0.6 is 0 Å². The minimum atomic E-state index is 0.106. The third-order valence-electron chi connectivity index (χ3n) is 4.18. The first-order chi connectivity index (χ1) is 7.34. The molecule has 1 aromatic heterocycles. The van der Waals surface area contributed by atoms with Crippen LogP contribution in [0.4, 0.5) is 0 Å². The van der Waals surface area contributed by atoms with E-state index in [1.165, 1.54) is 25.7 Å². The van der Waals surface area contributed by atoms with E-state index < -0.39 is 0 Å². The Balaban J connectivity index is 1.78. The van der Waals surface area contributed by atoms with Crippen LogP contribution in [0.25, 0.3) is 0 Å². The van der Waals surface area contributed by atoms with Crippen LogP contribution in [0.3, 0.4) is 0 Å². The molecule has 0 saturated heterocycles. The molecule has 2 N–H and O–H groups in total. The van der Waals surface area contributed by atoms with Gasteiger partial charge >= 0.3 is 0 Å². The number of hydrogen-bond acceptors (Lipinski definition) is 3. The van der Waals surface area contributed by atoms with Crippen molar-refractivity contribution in [2.75, 3.05) is 0 Å².